The number of rotatable bonds is 3. The van der Waals surface area contributed by atoms with Gasteiger partial charge in [-0.05, 0) is 24.3 Å². The smallest absolute Gasteiger partial charge is 0.219 e. The lowest BCUT2D eigenvalue weighted by molar-refractivity contribution is 0.426. The largest absolute Gasteiger partial charge is 0.436 e. The second-order valence-electron chi connectivity index (χ2n) is 3.39. The van der Waals surface area contributed by atoms with Gasteiger partial charge in [0.15, 0.2) is 11.6 Å². The normalized spacial score (nSPS) is 10.4. The summed E-state index contributed by atoms with van der Waals surface area (Å²) in [6.45, 7) is 0. The van der Waals surface area contributed by atoms with Gasteiger partial charge in [0, 0.05) is 10.5 Å². The quantitative estimate of drug-likeness (QED) is 0.712. The zero-order chi connectivity index (χ0) is 13.1. The molecule has 0 atom stereocenters. The van der Waals surface area contributed by atoms with Crippen molar-refractivity contribution in [3.63, 3.8) is 0 Å². The number of nitrogens with zero attached hydrogens (tertiary/aromatic N) is 1. The number of hydrogen-bond donors (Lipinski definition) is 0. The number of benzene rings is 1. The van der Waals surface area contributed by atoms with Gasteiger partial charge < -0.3 is 4.74 Å². The highest BCUT2D eigenvalue weighted by Gasteiger charge is 2.08. The van der Waals surface area contributed by atoms with Crippen molar-refractivity contribution in [2.24, 2.45) is 0 Å². The summed E-state index contributed by atoms with van der Waals surface area (Å²) in [5.41, 5.74) is 0.494. The molecule has 0 N–H and O–H groups in total. The van der Waals surface area contributed by atoms with Gasteiger partial charge in [0.25, 0.3) is 0 Å². The van der Waals surface area contributed by atoms with Crippen molar-refractivity contribution in [1.29, 1.82) is 0 Å². The first-order chi connectivity index (χ1) is 8.60. The van der Waals surface area contributed by atoms with Crippen molar-refractivity contribution < 1.29 is 9.13 Å². The predicted molar refractivity (Wildman–Crippen MR) is 73.0 cm³/mol. The minimum absolute atomic E-state index is 0.0912. The highest BCUT2D eigenvalue weighted by atomic mass is 79.9. The Morgan fingerprint density at radius 3 is 2.72 bits per heavy atom. The van der Waals surface area contributed by atoms with Crippen LogP contribution in [0, 0.1) is 5.82 Å². The van der Waals surface area contributed by atoms with E-state index in [1.54, 1.807) is 18.2 Å². The van der Waals surface area contributed by atoms with Crippen molar-refractivity contribution in [2.75, 3.05) is 0 Å². The van der Waals surface area contributed by atoms with Gasteiger partial charge in [-0.15, -0.1) is 11.6 Å². The van der Waals surface area contributed by atoms with Crippen LogP contribution < -0.4 is 4.74 Å². The third-order valence-electron chi connectivity index (χ3n) is 2.13. The number of pyridine rings is 1. The number of aromatic nitrogens is 1. The van der Waals surface area contributed by atoms with Crippen LogP contribution >= 0.6 is 39.1 Å². The van der Waals surface area contributed by atoms with Gasteiger partial charge in [-0.25, -0.2) is 9.37 Å². The van der Waals surface area contributed by atoms with E-state index < -0.39 is 5.82 Å². The Morgan fingerprint density at radius 2 is 2.06 bits per heavy atom. The van der Waals surface area contributed by atoms with Gasteiger partial charge in [-0.3, -0.25) is 0 Å². The molecular formula is C12H7BrCl2FNO. The number of hydrogen-bond acceptors (Lipinski definition) is 2. The van der Waals surface area contributed by atoms with Crippen LogP contribution in [0.15, 0.2) is 34.8 Å². The van der Waals surface area contributed by atoms with E-state index in [9.17, 15) is 4.39 Å². The van der Waals surface area contributed by atoms with Gasteiger partial charge in [0.1, 0.15) is 0 Å². The number of ether oxygens (including phenoxy) is 1. The summed E-state index contributed by atoms with van der Waals surface area (Å²) in [6.07, 6.45) is 0. The van der Waals surface area contributed by atoms with Crippen molar-refractivity contribution in [2.45, 2.75) is 5.88 Å². The molecule has 2 rings (SSSR count). The molecule has 0 aliphatic carbocycles. The Labute approximate surface area is 122 Å². The maximum absolute atomic E-state index is 13.6. The van der Waals surface area contributed by atoms with E-state index in [1.165, 1.54) is 12.1 Å². The summed E-state index contributed by atoms with van der Waals surface area (Å²) in [4.78, 5) is 4.09. The van der Waals surface area contributed by atoms with Crippen LogP contribution in [0.25, 0.3) is 0 Å². The Hall–Kier alpha value is -0.840. The summed E-state index contributed by atoms with van der Waals surface area (Å²) in [6, 6.07) is 7.67. The second-order valence-corrected chi connectivity index (χ2v) is 4.98. The molecule has 0 aliphatic heterocycles. The third-order valence-corrected chi connectivity index (χ3v) is 3.22. The first kappa shape index (κ1) is 13.6. The van der Waals surface area contributed by atoms with Gasteiger partial charge in [-0.2, -0.15) is 0 Å². The van der Waals surface area contributed by atoms with Crippen LogP contribution in [-0.4, -0.2) is 4.98 Å². The molecule has 2 nitrogen and oxygen atoms in total. The molecule has 2 aromatic rings. The predicted octanol–water partition coefficient (Wildman–Crippen LogP) is 5.17. The molecule has 0 saturated carbocycles. The Balaban J connectivity index is 2.28. The monoisotopic (exact) mass is 349 g/mol. The summed E-state index contributed by atoms with van der Waals surface area (Å²) < 4.78 is 19.5. The van der Waals surface area contributed by atoms with Crippen molar-refractivity contribution >= 4 is 39.1 Å². The molecule has 6 heteroatoms. The van der Waals surface area contributed by atoms with E-state index in [0.29, 0.717) is 15.2 Å². The molecule has 0 unspecified atom stereocenters. The fourth-order valence-corrected chi connectivity index (χ4v) is 2.06. The molecule has 0 bridgehead atoms. The van der Waals surface area contributed by atoms with E-state index in [4.69, 9.17) is 27.9 Å². The Morgan fingerprint density at radius 1 is 1.28 bits per heavy atom. The molecule has 1 aromatic carbocycles. The molecule has 0 amide bonds. The van der Waals surface area contributed by atoms with Crippen LogP contribution in [0.4, 0.5) is 4.39 Å². The van der Waals surface area contributed by atoms with Crippen LogP contribution in [0.5, 0.6) is 11.6 Å². The standard InChI is InChI=1S/C12H7BrCl2FNO/c13-7-1-3-11(9(16)5-7)18-12-4-2-8(15)10(6-14)17-12/h1-5H,6H2. The molecule has 0 radical (unpaired) electrons. The molecule has 18 heavy (non-hydrogen) atoms. The maximum atomic E-state index is 13.6. The summed E-state index contributed by atoms with van der Waals surface area (Å²) in [5, 5.41) is 0.452. The summed E-state index contributed by atoms with van der Waals surface area (Å²) >= 11 is 14.7. The fourth-order valence-electron chi connectivity index (χ4n) is 1.29. The molecular weight excluding hydrogens is 344 g/mol. The van der Waals surface area contributed by atoms with Gasteiger partial charge in [0.05, 0.1) is 16.6 Å². The molecule has 0 spiro atoms. The lowest BCUT2D eigenvalue weighted by atomic mass is 10.3. The van der Waals surface area contributed by atoms with Crippen LogP contribution in [-0.2, 0) is 5.88 Å². The fraction of sp³-hybridized carbons (Fsp3) is 0.0833. The van der Waals surface area contributed by atoms with E-state index in [1.807, 2.05) is 0 Å². The second kappa shape index (κ2) is 5.87. The van der Waals surface area contributed by atoms with E-state index >= 15 is 0 Å². The first-order valence-electron chi connectivity index (χ1n) is 4.94. The van der Waals surface area contributed by atoms with Gasteiger partial charge in [0.2, 0.25) is 5.88 Å². The van der Waals surface area contributed by atoms with E-state index in [2.05, 4.69) is 20.9 Å². The van der Waals surface area contributed by atoms with Crippen LogP contribution in [0.1, 0.15) is 5.69 Å². The van der Waals surface area contributed by atoms with Crippen molar-refractivity contribution in [1.82, 2.24) is 4.98 Å². The minimum Gasteiger partial charge on any atom is -0.436 e. The lowest BCUT2D eigenvalue weighted by Gasteiger charge is -2.07. The molecule has 0 aliphatic rings. The van der Waals surface area contributed by atoms with Gasteiger partial charge >= 0.3 is 0 Å². The van der Waals surface area contributed by atoms with Crippen molar-refractivity contribution in [3.05, 3.63) is 51.3 Å². The highest BCUT2D eigenvalue weighted by Crippen LogP contribution is 2.27. The van der Waals surface area contributed by atoms with Crippen molar-refractivity contribution in [3.8, 4) is 11.6 Å². The molecule has 1 aromatic heterocycles. The van der Waals surface area contributed by atoms with E-state index in [-0.39, 0.29) is 17.5 Å². The summed E-state index contributed by atoms with van der Waals surface area (Å²) in [5.74, 6) is 0.0251. The average Bonchev–Trinajstić information content (AvgIpc) is 2.35. The van der Waals surface area contributed by atoms with E-state index in [0.717, 1.165) is 0 Å². The topological polar surface area (TPSA) is 22.1 Å². The molecule has 0 saturated heterocycles. The summed E-state index contributed by atoms with van der Waals surface area (Å²) in [7, 11) is 0. The molecule has 1 heterocycles. The maximum Gasteiger partial charge on any atom is 0.219 e. The molecule has 0 fully saturated rings. The van der Waals surface area contributed by atoms with Gasteiger partial charge in [-0.1, -0.05) is 27.5 Å². The van der Waals surface area contributed by atoms with Crippen LogP contribution in [0.3, 0.4) is 0 Å². The number of halogens is 4. The van der Waals surface area contributed by atoms with Crippen LogP contribution in [0.2, 0.25) is 5.02 Å². The third kappa shape index (κ3) is 3.13. The number of alkyl halides is 1. The Kier molecular flexibility index (Phi) is 4.43. The lowest BCUT2D eigenvalue weighted by Crippen LogP contribution is -1.94. The zero-order valence-electron chi connectivity index (χ0n) is 8.96. The Bertz CT molecular complexity index is 580. The highest BCUT2D eigenvalue weighted by molar-refractivity contribution is 9.10. The molecule has 94 valence electrons. The minimum atomic E-state index is -0.478. The first-order valence-corrected chi connectivity index (χ1v) is 6.65. The zero-order valence-corrected chi connectivity index (χ0v) is 12.1. The SMILES string of the molecule is Fc1cc(Br)ccc1Oc1ccc(Cl)c(CCl)n1. The average molecular weight is 351 g/mol.